The second kappa shape index (κ2) is 11.9. The molecule has 2 fully saturated rings. The Hall–Kier alpha value is -2.14. The maximum Gasteiger partial charge on any atom is 0.416 e. The first-order chi connectivity index (χ1) is 17.4. The molecule has 4 aliphatic heterocycles. The molecule has 0 amide bonds. The maximum atomic E-state index is 13.0. The molecule has 0 aromatic heterocycles. The van der Waals surface area contributed by atoms with Crippen molar-refractivity contribution in [2.45, 2.75) is 57.9 Å². The predicted octanol–water partition coefficient (Wildman–Crippen LogP) is 3.55. The third-order valence-corrected chi connectivity index (χ3v) is 7.25. The van der Waals surface area contributed by atoms with Crippen LogP contribution in [0.1, 0.15) is 50.7 Å². The maximum absolute atomic E-state index is 13.0. The number of hydrazone groups is 1. The summed E-state index contributed by atoms with van der Waals surface area (Å²) in [5.41, 5.74) is 4.77. The van der Waals surface area contributed by atoms with Crippen molar-refractivity contribution in [1.82, 2.24) is 20.5 Å². The average molecular weight is 510 g/mol. The van der Waals surface area contributed by atoms with Crippen molar-refractivity contribution < 1.29 is 23.0 Å². The van der Waals surface area contributed by atoms with Crippen LogP contribution >= 0.6 is 0 Å². The molecule has 0 spiro atoms. The van der Waals surface area contributed by atoms with E-state index in [1.165, 1.54) is 32.0 Å². The highest BCUT2D eigenvalue weighted by molar-refractivity contribution is 6.15. The summed E-state index contributed by atoms with van der Waals surface area (Å²) in [6.45, 7) is 11.5. The number of hydrogen-bond acceptors (Lipinski definition) is 7. The standard InChI is InChI=1S/C24H32F3N5O2.C2H6/c25-24(26,27)16-5-6-18(21(33)12-16)22-19-14-34-15-20(19)23(30-29-22)28-17-4-3-9-32(13-17)11-10-31-7-1-2-8-31;1-2/h5-6,12,17,23,28,30,33H,1-4,7-11,13-15H2;1-2H3. The molecule has 0 aliphatic carbocycles. The fraction of sp³-hybridized carbons (Fsp3) is 0.654. The molecule has 4 heterocycles. The lowest BCUT2D eigenvalue weighted by Crippen LogP contribution is -2.55. The third-order valence-electron chi connectivity index (χ3n) is 7.25. The minimum Gasteiger partial charge on any atom is -0.507 e. The van der Waals surface area contributed by atoms with Gasteiger partial charge in [-0.25, -0.2) is 0 Å². The average Bonchev–Trinajstić information content (AvgIpc) is 3.57. The van der Waals surface area contributed by atoms with Crippen molar-refractivity contribution in [2.75, 3.05) is 52.5 Å². The number of rotatable bonds is 6. The van der Waals surface area contributed by atoms with E-state index < -0.39 is 17.5 Å². The van der Waals surface area contributed by atoms with E-state index in [4.69, 9.17) is 4.74 Å². The molecule has 1 aromatic rings. The van der Waals surface area contributed by atoms with Gasteiger partial charge in [0.15, 0.2) is 0 Å². The zero-order valence-corrected chi connectivity index (χ0v) is 21.2. The summed E-state index contributed by atoms with van der Waals surface area (Å²) in [6.07, 6.45) is 0.134. The van der Waals surface area contributed by atoms with Crippen molar-refractivity contribution in [3.63, 3.8) is 0 Å². The summed E-state index contributed by atoms with van der Waals surface area (Å²) in [4.78, 5) is 5.07. The number of alkyl halides is 3. The molecule has 0 radical (unpaired) electrons. The number of benzene rings is 1. The quantitative estimate of drug-likeness (QED) is 0.545. The van der Waals surface area contributed by atoms with Crippen LogP contribution in [0.15, 0.2) is 34.4 Å². The number of phenols is 1. The van der Waals surface area contributed by atoms with Crippen LogP contribution in [0.5, 0.6) is 5.75 Å². The number of piperidine rings is 1. The van der Waals surface area contributed by atoms with Crippen LogP contribution < -0.4 is 10.7 Å². The van der Waals surface area contributed by atoms with Crippen molar-refractivity contribution in [2.24, 2.45) is 5.10 Å². The molecule has 0 bridgehead atoms. The van der Waals surface area contributed by atoms with Crippen LogP contribution in [-0.4, -0.2) is 85.3 Å². The largest absolute Gasteiger partial charge is 0.507 e. The second-order valence-electron chi connectivity index (χ2n) is 9.60. The van der Waals surface area contributed by atoms with Gasteiger partial charge in [-0.3, -0.25) is 10.7 Å². The molecule has 10 heteroatoms. The highest BCUT2D eigenvalue weighted by atomic mass is 19.4. The minimum atomic E-state index is -4.51. The number of phenolic OH excluding ortho intramolecular Hbond substituents is 1. The normalized spacial score (nSPS) is 25.2. The van der Waals surface area contributed by atoms with Crippen LogP contribution in [0, 0.1) is 0 Å². The molecule has 4 aliphatic rings. The van der Waals surface area contributed by atoms with E-state index in [2.05, 4.69) is 25.6 Å². The number of aromatic hydroxyl groups is 1. The van der Waals surface area contributed by atoms with Gasteiger partial charge < -0.3 is 19.6 Å². The van der Waals surface area contributed by atoms with E-state index in [0.717, 1.165) is 62.3 Å². The van der Waals surface area contributed by atoms with E-state index >= 15 is 0 Å². The predicted molar refractivity (Wildman–Crippen MR) is 134 cm³/mol. The van der Waals surface area contributed by atoms with E-state index in [1.807, 2.05) is 13.8 Å². The van der Waals surface area contributed by atoms with Crippen LogP contribution in [0.25, 0.3) is 0 Å². The summed E-state index contributed by atoms with van der Waals surface area (Å²) in [5.74, 6) is -0.443. The van der Waals surface area contributed by atoms with Gasteiger partial charge in [-0.2, -0.15) is 18.3 Å². The third kappa shape index (κ3) is 6.22. The topological polar surface area (TPSA) is 72.4 Å². The summed E-state index contributed by atoms with van der Waals surface area (Å²) in [5, 5.41) is 18.5. The summed E-state index contributed by atoms with van der Waals surface area (Å²) < 4.78 is 44.6. The summed E-state index contributed by atoms with van der Waals surface area (Å²) >= 11 is 0. The van der Waals surface area contributed by atoms with Gasteiger partial charge in [0.25, 0.3) is 0 Å². The number of nitrogens with zero attached hydrogens (tertiary/aromatic N) is 3. The van der Waals surface area contributed by atoms with Gasteiger partial charge in [-0.1, -0.05) is 13.8 Å². The Morgan fingerprint density at radius 1 is 1.08 bits per heavy atom. The van der Waals surface area contributed by atoms with Gasteiger partial charge in [0.1, 0.15) is 11.9 Å². The lowest BCUT2D eigenvalue weighted by molar-refractivity contribution is -0.137. The van der Waals surface area contributed by atoms with Gasteiger partial charge >= 0.3 is 6.18 Å². The molecular formula is C26H38F3N5O2. The Morgan fingerprint density at radius 3 is 2.53 bits per heavy atom. The van der Waals surface area contributed by atoms with Crippen LogP contribution in [0.4, 0.5) is 13.2 Å². The zero-order valence-electron chi connectivity index (χ0n) is 21.2. The number of likely N-dealkylation sites (tertiary alicyclic amines) is 2. The molecule has 2 unspecified atom stereocenters. The number of nitrogens with one attached hydrogen (secondary N) is 2. The lowest BCUT2D eigenvalue weighted by Gasteiger charge is -2.37. The Kier molecular flexibility index (Phi) is 8.92. The molecule has 200 valence electrons. The first kappa shape index (κ1) is 26.9. The van der Waals surface area contributed by atoms with Gasteiger partial charge in [0.2, 0.25) is 0 Å². The Labute approximate surface area is 211 Å². The Bertz CT molecular complexity index is 959. The molecule has 5 rings (SSSR count). The highest BCUT2D eigenvalue weighted by Crippen LogP contribution is 2.35. The van der Waals surface area contributed by atoms with Gasteiger partial charge in [0.05, 0.1) is 24.5 Å². The van der Waals surface area contributed by atoms with Crippen molar-refractivity contribution in [3.8, 4) is 5.75 Å². The number of hydrogen-bond donors (Lipinski definition) is 3. The van der Waals surface area contributed by atoms with Gasteiger partial charge in [-0.15, -0.1) is 0 Å². The molecule has 1 aromatic carbocycles. The van der Waals surface area contributed by atoms with Gasteiger partial charge in [0, 0.05) is 42.4 Å². The zero-order chi connectivity index (χ0) is 25.7. The van der Waals surface area contributed by atoms with Gasteiger partial charge in [-0.05, 0) is 63.5 Å². The molecule has 36 heavy (non-hydrogen) atoms. The molecule has 0 saturated carbocycles. The van der Waals surface area contributed by atoms with E-state index in [1.54, 1.807) is 0 Å². The molecule has 3 N–H and O–H groups in total. The van der Waals surface area contributed by atoms with E-state index in [0.29, 0.717) is 25.0 Å². The molecule has 7 nitrogen and oxygen atoms in total. The van der Waals surface area contributed by atoms with Crippen molar-refractivity contribution >= 4 is 5.71 Å². The van der Waals surface area contributed by atoms with Crippen molar-refractivity contribution in [1.29, 1.82) is 0 Å². The summed E-state index contributed by atoms with van der Waals surface area (Å²) in [6, 6.07) is 3.30. The van der Waals surface area contributed by atoms with Crippen LogP contribution in [-0.2, 0) is 10.9 Å². The minimum absolute atomic E-state index is 0.193. The highest BCUT2D eigenvalue weighted by Gasteiger charge is 2.35. The number of ether oxygens (including phenoxy) is 1. The fourth-order valence-electron chi connectivity index (χ4n) is 5.38. The second-order valence-corrected chi connectivity index (χ2v) is 9.60. The fourth-order valence-corrected chi connectivity index (χ4v) is 5.38. The first-order valence-electron chi connectivity index (χ1n) is 13.1. The first-order valence-corrected chi connectivity index (χ1v) is 13.1. The monoisotopic (exact) mass is 509 g/mol. The van der Waals surface area contributed by atoms with E-state index in [-0.39, 0.29) is 11.7 Å². The van der Waals surface area contributed by atoms with Crippen molar-refractivity contribution in [3.05, 3.63) is 40.5 Å². The summed E-state index contributed by atoms with van der Waals surface area (Å²) in [7, 11) is 0. The SMILES string of the molecule is CC.Oc1cc(C(F)(F)F)ccc1C1=NNC(NC2CCCN(CCN3CCCC3)C2)C2=C1COC2. The Morgan fingerprint density at radius 2 is 1.81 bits per heavy atom. The molecule has 2 saturated heterocycles. The van der Waals surface area contributed by atoms with Crippen LogP contribution in [0.3, 0.4) is 0 Å². The Balaban J connectivity index is 0.00000148. The molecule has 2 atom stereocenters. The number of halogens is 3. The lowest BCUT2D eigenvalue weighted by atomic mass is 9.95. The molecular weight excluding hydrogens is 471 g/mol. The van der Waals surface area contributed by atoms with Crippen LogP contribution in [0.2, 0.25) is 0 Å². The smallest absolute Gasteiger partial charge is 0.416 e. The van der Waals surface area contributed by atoms with E-state index in [9.17, 15) is 18.3 Å².